The molecule has 0 bridgehead atoms. The van der Waals surface area contributed by atoms with Gasteiger partial charge >= 0.3 is 0 Å². The fourth-order valence-electron chi connectivity index (χ4n) is 5.00. The molecule has 1 aromatic carbocycles. The summed E-state index contributed by atoms with van der Waals surface area (Å²) in [6.07, 6.45) is 4.45. The Hall–Kier alpha value is -2.95. The van der Waals surface area contributed by atoms with Crippen molar-refractivity contribution in [2.45, 2.75) is 25.7 Å². The first-order chi connectivity index (χ1) is 15.7. The van der Waals surface area contributed by atoms with Gasteiger partial charge in [-0.15, -0.1) is 11.3 Å². The van der Waals surface area contributed by atoms with Crippen LogP contribution in [0.4, 0.5) is 0 Å². The molecule has 2 aliphatic carbocycles. The molecule has 162 valence electrons. The van der Waals surface area contributed by atoms with Crippen molar-refractivity contribution in [2.24, 2.45) is 5.92 Å². The quantitative estimate of drug-likeness (QED) is 0.616. The van der Waals surface area contributed by atoms with Crippen molar-refractivity contribution in [3.05, 3.63) is 57.4 Å². The van der Waals surface area contributed by atoms with Gasteiger partial charge in [-0.25, -0.2) is 4.68 Å². The number of carbonyl (C=O) groups excluding carboxylic acids is 1. The Morgan fingerprint density at radius 1 is 1.12 bits per heavy atom. The van der Waals surface area contributed by atoms with Crippen molar-refractivity contribution >= 4 is 17.2 Å². The molecule has 32 heavy (non-hydrogen) atoms. The van der Waals surface area contributed by atoms with Crippen LogP contribution in [0.3, 0.4) is 0 Å². The average Bonchev–Trinajstić information content (AvgIpc) is 3.37. The predicted octanol–water partition coefficient (Wildman–Crippen LogP) is 3.74. The highest BCUT2D eigenvalue weighted by molar-refractivity contribution is 7.10. The van der Waals surface area contributed by atoms with Crippen molar-refractivity contribution in [1.29, 1.82) is 5.26 Å². The number of para-hydroxylation sites is 1. The van der Waals surface area contributed by atoms with E-state index >= 15 is 0 Å². The maximum Gasteiger partial charge on any atom is 0.274 e. The molecule has 6 nitrogen and oxygen atoms in total. The van der Waals surface area contributed by atoms with E-state index in [1.54, 1.807) is 17.4 Å². The van der Waals surface area contributed by atoms with Crippen LogP contribution in [0, 0.1) is 17.2 Å². The summed E-state index contributed by atoms with van der Waals surface area (Å²) < 4.78 is 1.84. The highest BCUT2D eigenvalue weighted by atomic mass is 32.1. The number of hydrogen-bond donors (Lipinski definition) is 0. The molecule has 3 heterocycles. The minimum Gasteiger partial charge on any atom is -0.335 e. The molecule has 0 radical (unpaired) electrons. The second kappa shape index (κ2) is 7.88. The Morgan fingerprint density at radius 2 is 1.94 bits per heavy atom. The van der Waals surface area contributed by atoms with Crippen LogP contribution in [0.5, 0.6) is 0 Å². The van der Waals surface area contributed by atoms with Gasteiger partial charge in [0, 0.05) is 48.7 Å². The van der Waals surface area contributed by atoms with E-state index in [9.17, 15) is 10.1 Å². The lowest BCUT2D eigenvalue weighted by Crippen LogP contribution is -2.49. The third kappa shape index (κ3) is 3.35. The molecule has 3 aromatic rings. The summed E-state index contributed by atoms with van der Waals surface area (Å²) in [5, 5.41) is 16.7. The Morgan fingerprint density at radius 3 is 2.72 bits per heavy atom. The molecular formula is C25H25N5OS. The normalized spacial score (nSPS) is 18.2. The molecule has 7 heteroatoms. The zero-order valence-corrected chi connectivity index (χ0v) is 18.8. The molecule has 1 amide bonds. The van der Waals surface area contributed by atoms with Gasteiger partial charge in [0.25, 0.3) is 5.91 Å². The van der Waals surface area contributed by atoms with E-state index in [1.165, 1.54) is 24.3 Å². The van der Waals surface area contributed by atoms with E-state index in [1.807, 2.05) is 27.8 Å². The standard InChI is InChI=1S/C25H25N5OS/c26-15-18-3-1-2-4-21(18)30-24-19-9-14-32-22(19)8-7-20(24)23(27-30)25(31)29-12-10-28(11-13-29)16-17-5-6-17/h1-4,9,14,17H,5-8,10-13,16H2. The first kappa shape index (κ1) is 19.7. The van der Waals surface area contributed by atoms with Crippen molar-refractivity contribution < 1.29 is 4.79 Å². The largest absolute Gasteiger partial charge is 0.335 e. The number of aromatic nitrogens is 2. The maximum atomic E-state index is 13.6. The van der Waals surface area contributed by atoms with Gasteiger partial charge in [0.15, 0.2) is 5.69 Å². The third-order valence-electron chi connectivity index (χ3n) is 6.91. The molecule has 0 N–H and O–H groups in total. The van der Waals surface area contributed by atoms with Crippen molar-refractivity contribution in [2.75, 3.05) is 32.7 Å². The van der Waals surface area contributed by atoms with Gasteiger partial charge < -0.3 is 4.90 Å². The highest BCUT2D eigenvalue weighted by Crippen LogP contribution is 2.40. The minimum absolute atomic E-state index is 0.0270. The molecule has 3 aliphatic rings. The second-order valence-electron chi connectivity index (χ2n) is 9.01. The van der Waals surface area contributed by atoms with Gasteiger partial charge in [-0.2, -0.15) is 10.4 Å². The highest BCUT2D eigenvalue weighted by Gasteiger charge is 2.33. The summed E-state index contributed by atoms with van der Waals surface area (Å²) >= 11 is 1.75. The topological polar surface area (TPSA) is 65.2 Å². The summed E-state index contributed by atoms with van der Waals surface area (Å²) in [7, 11) is 0. The fourth-order valence-corrected chi connectivity index (χ4v) is 5.88. The van der Waals surface area contributed by atoms with E-state index in [0.717, 1.165) is 67.4 Å². The van der Waals surface area contributed by atoms with Crippen LogP contribution in [0.25, 0.3) is 16.9 Å². The van der Waals surface area contributed by atoms with Crippen LogP contribution >= 0.6 is 11.3 Å². The molecule has 0 spiro atoms. The summed E-state index contributed by atoms with van der Waals surface area (Å²) in [5.74, 6) is 0.902. The van der Waals surface area contributed by atoms with Crippen molar-refractivity contribution in [3.63, 3.8) is 0 Å². The molecule has 0 unspecified atom stereocenters. The number of carbonyl (C=O) groups is 1. The number of rotatable bonds is 4. The third-order valence-corrected chi connectivity index (χ3v) is 7.89. The predicted molar refractivity (Wildman–Crippen MR) is 124 cm³/mol. The summed E-state index contributed by atoms with van der Waals surface area (Å²) in [4.78, 5) is 19.4. The number of aryl methyl sites for hydroxylation is 1. The minimum atomic E-state index is 0.0270. The molecule has 2 aromatic heterocycles. The van der Waals surface area contributed by atoms with Gasteiger partial charge in [0.1, 0.15) is 6.07 Å². The second-order valence-corrected chi connectivity index (χ2v) is 10.0. The average molecular weight is 444 g/mol. The molecule has 6 rings (SSSR count). The number of benzene rings is 1. The Kier molecular flexibility index (Phi) is 4.85. The van der Waals surface area contributed by atoms with E-state index < -0.39 is 0 Å². The molecule has 1 aliphatic heterocycles. The van der Waals surface area contributed by atoms with E-state index in [0.29, 0.717) is 11.3 Å². The zero-order chi connectivity index (χ0) is 21.7. The maximum absolute atomic E-state index is 13.6. The van der Waals surface area contributed by atoms with Gasteiger partial charge in [-0.05, 0) is 55.2 Å². The van der Waals surface area contributed by atoms with Gasteiger partial charge in [0.2, 0.25) is 0 Å². The smallest absolute Gasteiger partial charge is 0.274 e. The lowest BCUT2D eigenvalue weighted by molar-refractivity contribution is 0.0624. The number of fused-ring (bicyclic) bond motifs is 3. The van der Waals surface area contributed by atoms with Gasteiger partial charge in [0.05, 0.1) is 16.9 Å². The number of piperazine rings is 1. The van der Waals surface area contributed by atoms with Crippen molar-refractivity contribution in [3.8, 4) is 23.0 Å². The van der Waals surface area contributed by atoms with Crippen molar-refractivity contribution in [1.82, 2.24) is 19.6 Å². The Labute approximate surface area is 191 Å². The Balaban J connectivity index is 1.38. The monoisotopic (exact) mass is 443 g/mol. The molecule has 1 saturated heterocycles. The number of nitriles is 1. The fraction of sp³-hybridized carbons (Fsp3) is 0.400. The van der Waals surface area contributed by atoms with Gasteiger partial charge in [-0.3, -0.25) is 9.69 Å². The first-order valence-electron chi connectivity index (χ1n) is 11.4. The van der Waals surface area contributed by atoms with Crippen LogP contribution in [0.15, 0.2) is 35.7 Å². The molecule has 0 atom stereocenters. The van der Waals surface area contributed by atoms with E-state index in [-0.39, 0.29) is 5.91 Å². The first-order valence-corrected chi connectivity index (χ1v) is 12.3. The number of thiophene rings is 1. The number of nitrogens with zero attached hydrogens (tertiary/aromatic N) is 5. The SMILES string of the molecule is N#Cc1ccccc1-n1nc(C(=O)N2CCN(CC3CC3)CC2)c2c1-c1ccsc1CC2. The van der Waals surface area contributed by atoms with Crippen LogP contribution in [0.1, 0.15) is 39.3 Å². The lowest BCUT2D eigenvalue weighted by Gasteiger charge is -2.34. The van der Waals surface area contributed by atoms with Crippen LogP contribution in [0.2, 0.25) is 0 Å². The Bertz CT molecular complexity index is 1220. The van der Waals surface area contributed by atoms with E-state index in [2.05, 4.69) is 22.4 Å². The molecule has 2 fully saturated rings. The summed E-state index contributed by atoms with van der Waals surface area (Å²) in [5.41, 5.74) is 5.00. The van der Waals surface area contributed by atoms with E-state index in [4.69, 9.17) is 5.10 Å². The van der Waals surface area contributed by atoms with Crippen LogP contribution in [-0.2, 0) is 12.8 Å². The molecular weight excluding hydrogens is 418 g/mol. The zero-order valence-electron chi connectivity index (χ0n) is 18.0. The summed E-state index contributed by atoms with van der Waals surface area (Å²) in [6.45, 7) is 4.57. The number of hydrogen-bond acceptors (Lipinski definition) is 5. The number of amides is 1. The van der Waals surface area contributed by atoms with Gasteiger partial charge in [-0.1, -0.05) is 12.1 Å². The summed E-state index contributed by atoms with van der Waals surface area (Å²) in [6, 6.07) is 11.9. The van der Waals surface area contributed by atoms with Crippen LogP contribution in [-0.4, -0.2) is 58.2 Å². The van der Waals surface area contributed by atoms with Crippen LogP contribution < -0.4 is 0 Å². The molecule has 1 saturated carbocycles. The lowest BCUT2D eigenvalue weighted by atomic mass is 9.94.